The minimum absolute atomic E-state index is 0.322. The van der Waals surface area contributed by atoms with Crippen LogP contribution in [-0.2, 0) is 5.60 Å². The number of nitrogen functional groups attached to an aromatic ring is 1. The van der Waals surface area contributed by atoms with Gasteiger partial charge in [-0.1, -0.05) is 41.9 Å². The van der Waals surface area contributed by atoms with E-state index >= 15 is 0 Å². The monoisotopic (exact) mass is 409 g/mol. The van der Waals surface area contributed by atoms with Gasteiger partial charge >= 0.3 is 0 Å². The Morgan fingerprint density at radius 1 is 0.862 bits per heavy atom. The number of rotatable bonds is 3. The molecule has 146 valence electrons. The summed E-state index contributed by atoms with van der Waals surface area (Å²) in [6.07, 6.45) is 7.60. The lowest BCUT2D eigenvalue weighted by Crippen LogP contribution is -2.29. The van der Waals surface area contributed by atoms with Crippen molar-refractivity contribution in [3.8, 4) is 0 Å². The third kappa shape index (κ3) is 4.71. The summed E-state index contributed by atoms with van der Waals surface area (Å²) < 4.78 is 13.2. The molecule has 2 aromatic carbocycles. The van der Waals surface area contributed by atoms with Gasteiger partial charge in [0, 0.05) is 40.9 Å². The van der Waals surface area contributed by atoms with Crippen molar-refractivity contribution in [3.05, 3.63) is 113 Å². The van der Waals surface area contributed by atoms with Crippen LogP contribution >= 0.6 is 11.6 Å². The summed E-state index contributed by atoms with van der Waals surface area (Å²) in [5.41, 5.74) is 4.99. The maximum Gasteiger partial charge on any atom is 0.219 e. The molecule has 4 rings (SSSR count). The van der Waals surface area contributed by atoms with Crippen molar-refractivity contribution in [2.24, 2.45) is 0 Å². The zero-order valence-electron chi connectivity index (χ0n) is 15.2. The molecule has 0 spiro atoms. The van der Waals surface area contributed by atoms with E-state index in [4.69, 9.17) is 17.3 Å². The molecule has 0 radical (unpaired) electrons. The standard InChI is InChI=1S/C17H12ClFN2O.C4H5N3/c18-16-4-2-1-3-15(16)17(22,13-9-20-11-21-10-13)12-5-7-14(19)8-6-12;5-4-6-2-1-3-7-4/h1-11,22H;1-3H,(H2,5,6,7). The first-order valence-corrected chi connectivity index (χ1v) is 8.91. The maximum atomic E-state index is 13.2. The average Bonchev–Trinajstić information content (AvgIpc) is 2.76. The molecule has 0 fully saturated rings. The van der Waals surface area contributed by atoms with Crippen molar-refractivity contribution < 1.29 is 9.50 Å². The fourth-order valence-electron chi connectivity index (χ4n) is 2.72. The van der Waals surface area contributed by atoms with E-state index in [1.165, 1.54) is 43.0 Å². The van der Waals surface area contributed by atoms with Crippen LogP contribution in [0.2, 0.25) is 5.02 Å². The number of aromatic nitrogens is 4. The molecule has 29 heavy (non-hydrogen) atoms. The molecule has 3 N–H and O–H groups in total. The van der Waals surface area contributed by atoms with E-state index in [2.05, 4.69) is 19.9 Å². The lowest BCUT2D eigenvalue weighted by Gasteiger charge is -2.30. The Morgan fingerprint density at radius 2 is 1.48 bits per heavy atom. The average molecular weight is 410 g/mol. The van der Waals surface area contributed by atoms with Crippen LogP contribution in [0.15, 0.2) is 85.7 Å². The van der Waals surface area contributed by atoms with Gasteiger partial charge < -0.3 is 10.8 Å². The van der Waals surface area contributed by atoms with Crippen molar-refractivity contribution >= 4 is 17.5 Å². The Bertz CT molecular complexity index is 1050. The highest BCUT2D eigenvalue weighted by atomic mass is 35.5. The third-order valence-corrected chi connectivity index (χ3v) is 4.42. The Balaban J connectivity index is 0.000000290. The molecule has 0 saturated carbocycles. The van der Waals surface area contributed by atoms with Gasteiger partial charge in [0.15, 0.2) is 0 Å². The summed E-state index contributed by atoms with van der Waals surface area (Å²) in [5, 5.41) is 11.8. The Labute approximate surface area is 171 Å². The summed E-state index contributed by atoms with van der Waals surface area (Å²) in [6.45, 7) is 0. The molecule has 0 amide bonds. The van der Waals surface area contributed by atoms with Gasteiger partial charge in [-0.2, -0.15) is 0 Å². The van der Waals surface area contributed by atoms with Gasteiger partial charge in [-0.15, -0.1) is 0 Å². The largest absolute Gasteiger partial charge is 0.376 e. The second-order valence-electron chi connectivity index (χ2n) is 5.93. The molecule has 0 aliphatic heterocycles. The molecule has 0 aliphatic rings. The van der Waals surface area contributed by atoms with E-state index in [0.717, 1.165) is 0 Å². The fraction of sp³-hybridized carbons (Fsp3) is 0.0476. The first-order valence-electron chi connectivity index (χ1n) is 8.53. The fourth-order valence-corrected chi connectivity index (χ4v) is 2.99. The van der Waals surface area contributed by atoms with Crippen LogP contribution in [0.1, 0.15) is 16.7 Å². The first-order chi connectivity index (χ1) is 14.0. The van der Waals surface area contributed by atoms with Crippen molar-refractivity contribution in [2.75, 3.05) is 5.73 Å². The van der Waals surface area contributed by atoms with Crippen molar-refractivity contribution in [1.29, 1.82) is 0 Å². The van der Waals surface area contributed by atoms with Crippen LogP contribution in [0.5, 0.6) is 0 Å². The topological polar surface area (TPSA) is 97.8 Å². The lowest BCUT2D eigenvalue weighted by atomic mass is 9.81. The summed E-state index contributed by atoms with van der Waals surface area (Å²) in [4.78, 5) is 15.2. The van der Waals surface area contributed by atoms with Crippen molar-refractivity contribution in [3.63, 3.8) is 0 Å². The number of halogens is 2. The molecule has 0 saturated heterocycles. The number of benzene rings is 2. The number of anilines is 1. The smallest absolute Gasteiger partial charge is 0.219 e. The van der Waals surface area contributed by atoms with E-state index in [9.17, 15) is 9.50 Å². The van der Waals surface area contributed by atoms with Gasteiger partial charge in [0.05, 0.1) is 0 Å². The highest BCUT2D eigenvalue weighted by Crippen LogP contribution is 2.39. The molecule has 4 aromatic rings. The number of hydrogen-bond acceptors (Lipinski definition) is 6. The molecule has 1 atom stereocenters. The number of aliphatic hydroxyl groups is 1. The van der Waals surface area contributed by atoms with Gasteiger partial charge in [-0.3, -0.25) is 0 Å². The number of nitrogens with zero attached hydrogens (tertiary/aromatic N) is 4. The normalized spacial score (nSPS) is 12.4. The molecule has 1 unspecified atom stereocenters. The van der Waals surface area contributed by atoms with E-state index in [-0.39, 0.29) is 5.82 Å². The van der Waals surface area contributed by atoms with Crippen LogP contribution in [-0.4, -0.2) is 25.0 Å². The highest BCUT2D eigenvalue weighted by molar-refractivity contribution is 6.31. The zero-order chi connectivity index (χ0) is 20.7. The zero-order valence-corrected chi connectivity index (χ0v) is 15.9. The predicted molar refractivity (Wildman–Crippen MR) is 108 cm³/mol. The third-order valence-electron chi connectivity index (χ3n) is 4.09. The second-order valence-corrected chi connectivity index (χ2v) is 6.34. The lowest BCUT2D eigenvalue weighted by molar-refractivity contribution is 0.125. The Morgan fingerprint density at radius 3 is 2.03 bits per heavy atom. The SMILES string of the molecule is Nc1ncccn1.OC(c1ccc(F)cc1)(c1cncnc1)c1ccccc1Cl. The number of hydrogen-bond donors (Lipinski definition) is 2. The summed E-state index contributed by atoms with van der Waals surface area (Å²) in [6, 6.07) is 14.3. The van der Waals surface area contributed by atoms with Crippen LogP contribution in [0.3, 0.4) is 0 Å². The van der Waals surface area contributed by atoms with Gasteiger partial charge in [0.25, 0.3) is 0 Å². The molecule has 6 nitrogen and oxygen atoms in total. The van der Waals surface area contributed by atoms with Gasteiger partial charge in [0.2, 0.25) is 5.95 Å². The van der Waals surface area contributed by atoms with Crippen molar-refractivity contribution in [1.82, 2.24) is 19.9 Å². The van der Waals surface area contributed by atoms with Crippen LogP contribution < -0.4 is 5.73 Å². The molecular formula is C21H17ClFN5O. The minimum atomic E-state index is -1.56. The summed E-state index contributed by atoms with van der Waals surface area (Å²) in [5.74, 6) is -0.0583. The molecule has 0 aliphatic carbocycles. The molecule has 2 aromatic heterocycles. The van der Waals surface area contributed by atoms with E-state index in [1.807, 2.05) is 0 Å². The van der Waals surface area contributed by atoms with Crippen LogP contribution in [0.4, 0.5) is 10.3 Å². The molecular weight excluding hydrogens is 393 g/mol. The van der Waals surface area contributed by atoms with Crippen molar-refractivity contribution in [2.45, 2.75) is 5.60 Å². The van der Waals surface area contributed by atoms with E-state index in [0.29, 0.717) is 27.7 Å². The Hall–Kier alpha value is -3.42. The van der Waals surface area contributed by atoms with Gasteiger partial charge in [-0.05, 0) is 29.8 Å². The predicted octanol–water partition coefficient (Wildman–Crippen LogP) is 3.61. The van der Waals surface area contributed by atoms with Gasteiger partial charge in [-0.25, -0.2) is 24.3 Å². The van der Waals surface area contributed by atoms with Crippen LogP contribution in [0.25, 0.3) is 0 Å². The summed E-state index contributed by atoms with van der Waals surface area (Å²) >= 11 is 6.26. The first kappa shape index (κ1) is 20.3. The summed E-state index contributed by atoms with van der Waals surface area (Å²) in [7, 11) is 0. The minimum Gasteiger partial charge on any atom is -0.376 e. The molecule has 2 heterocycles. The van der Waals surface area contributed by atoms with E-state index in [1.54, 1.807) is 42.7 Å². The van der Waals surface area contributed by atoms with Crippen LogP contribution in [0, 0.1) is 5.82 Å². The second kappa shape index (κ2) is 9.18. The molecule has 8 heteroatoms. The van der Waals surface area contributed by atoms with Gasteiger partial charge in [0.1, 0.15) is 17.7 Å². The quantitative estimate of drug-likeness (QED) is 0.536. The maximum absolute atomic E-state index is 13.2. The Kier molecular flexibility index (Phi) is 6.43. The van der Waals surface area contributed by atoms with E-state index < -0.39 is 5.60 Å². The highest BCUT2D eigenvalue weighted by Gasteiger charge is 2.36. The number of nitrogens with two attached hydrogens (primary N) is 1. The molecule has 0 bridgehead atoms.